The van der Waals surface area contributed by atoms with Gasteiger partial charge in [0.15, 0.2) is 0 Å². The number of carbonyl (C=O) groups is 2. The molecule has 28 heavy (non-hydrogen) atoms. The van der Waals surface area contributed by atoms with E-state index in [1.54, 1.807) is 29.7 Å². The molecule has 2 aliphatic rings. The van der Waals surface area contributed by atoms with Crippen LogP contribution in [0, 0.1) is 12.3 Å². The van der Waals surface area contributed by atoms with Crippen molar-refractivity contribution in [1.82, 2.24) is 19.4 Å². The molecule has 4 heterocycles. The minimum absolute atomic E-state index is 0.0847. The molecule has 2 aromatic heterocycles. The van der Waals surface area contributed by atoms with Crippen molar-refractivity contribution in [1.29, 1.82) is 0 Å². The van der Waals surface area contributed by atoms with Crippen molar-refractivity contribution in [2.75, 3.05) is 20.2 Å². The van der Waals surface area contributed by atoms with Crippen LogP contribution in [0.4, 0.5) is 0 Å². The van der Waals surface area contributed by atoms with E-state index < -0.39 is 5.41 Å². The van der Waals surface area contributed by atoms with Gasteiger partial charge in [-0.2, -0.15) is 0 Å². The highest BCUT2D eigenvalue weighted by molar-refractivity contribution is 5.97. The zero-order valence-electron chi connectivity index (χ0n) is 16.1. The van der Waals surface area contributed by atoms with E-state index in [1.165, 1.54) is 7.11 Å². The van der Waals surface area contributed by atoms with Crippen LogP contribution in [0.3, 0.4) is 0 Å². The number of rotatable bonds is 4. The second kappa shape index (κ2) is 7.26. The molecule has 148 valence electrons. The first-order chi connectivity index (χ1) is 13.5. The summed E-state index contributed by atoms with van der Waals surface area (Å²) >= 11 is 0. The van der Waals surface area contributed by atoms with E-state index in [0.29, 0.717) is 50.2 Å². The van der Waals surface area contributed by atoms with Gasteiger partial charge in [0.05, 0.1) is 37.2 Å². The number of ether oxygens (including phenoxy) is 2. The Balaban J connectivity index is 1.42. The number of esters is 1. The molecule has 0 radical (unpaired) electrons. The van der Waals surface area contributed by atoms with Gasteiger partial charge in [-0.3, -0.25) is 14.6 Å². The van der Waals surface area contributed by atoms with Gasteiger partial charge in [0.1, 0.15) is 11.9 Å². The summed E-state index contributed by atoms with van der Waals surface area (Å²) in [6, 6.07) is 1.75. The summed E-state index contributed by atoms with van der Waals surface area (Å²) in [7, 11) is 1.53. The molecule has 0 N–H and O–H groups in total. The molecule has 1 atom stereocenters. The van der Waals surface area contributed by atoms with Crippen molar-refractivity contribution in [3.8, 4) is 5.75 Å². The van der Waals surface area contributed by atoms with Gasteiger partial charge < -0.3 is 18.9 Å². The van der Waals surface area contributed by atoms with Crippen LogP contribution in [0.1, 0.15) is 35.3 Å². The maximum atomic E-state index is 13.0. The van der Waals surface area contributed by atoms with Crippen molar-refractivity contribution >= 4 is 11.9 Å². The van der Waals surface area contributed by atoms with E-state index in [4.69, 9.17) is 9.47 Å². The number of methoxy groups -OCH3 is 1. The van der Waals surface area contributed by atoms with Crippen LogP contribution in [-0.4, -0.2) is 57.6 Å². The summed E-state index contributed by atoms with van der Waals surface area (Å²) in [5.74, 6) is 0.247. The predicted octanol–water partition coefficient (Wildman–Crippen LogP) is 1.83. The molecule has 1 spiro atoms. The number of carbonyl (C=O) groups excluding carboxylic acids is 2. The normalized spacial score (nSPS) is 21.0. The van der Waals surface area contributed by atoms with Gasteiger partial charge in [0.25, 0.3) is 5.91 Å². The molecule has 2 aliphatic heterocycles. The van der Waals surface area contributed by atoms with Crippen molar-refractivity contribution in [2.24, 2.45) is 5.41 Å². The van der Waals surface area contributed by atoms with E-state index in [-0.39, 0.29) is 18.0 Å². The summed E-state index contributed by atoms with van der Waals surface area (Å²) in [4.78, 5) is 35.6. The predicted molar refractivity (Wildman–Crippen MR) is 99.8 cm³/mol. The van der Waals surface area contributed by atoms with Gasteiger partial charge in [-0.1, -0.05) is 0 Å². The van der Waals surface area contributed by atoms with Crippen LogP contribution in [0.5, 0.6) is 5.75 Å². The Labute approximate surface area is 163 Å². The average Bonchev–Trinajstić information content (AvgIpc) is 3.30. The summed E-state index contributed by atoms with van der Waals surface area (Å²) in [6.07, 6.45) is 8.65. The molecule has 2 saturated heterocycles. The molecule has 8 heteroatoms. The highest BCUT2D eigenvalue weighted by Crippen LogP contribution is 2.43. The van der Waals surface area contributed by atoms with Crippen LogP contribution in [0.2, 0.25) is 0 Å². The van der Waals surface area contributed by atoms with Gasteiger partial charge in [-0.05, 0) is 25.8 Å². The number of amides is 1. The molecule has 4 rings (SSSR count). The number of pyridine rings is 1. The van der Waals surface area contributed by atoms with Crippen molar-refractivity contribution < 1.29 is 19.1 Å². The van der Waals surface area contributed by atoms with E-state index in [0.717, 1.165) is 5.69 Å². The Morgan fingerprint density at radius 1 is 1.39 bits per heavy atom. The highest BCUT2D eigenvalue weighted by atomic mass is 16.6. The summed E-state index contributed by atoms with van der Waals surface area (Å²) in [5, 5.41) is 0. The number of likely N-dealkylation sites (tertiary alicyclic amines) is 1. The minimum atomic E-state index is -0.486. The van der Waals surface area contributed by atoms with Gasteiger partial charge in [0, 0.05) is 37.6 Å². The van der Waals surface area contributed by atoms with Gasteiger partial charge in [-0.15, -0.1) is 0 Å². The second-order valence-electron chi connectivity index (χ2n) is 7.59. The molecule has 8 nitrogen and oxygen atoms in total. The Kier molecular flexibility index (Phi) is 4.78. The summed E-state index contributed by atoms with van der Waals surface area (Å²) < 4.78 is 12.9. The lowest BCUT2D eigenvalue weighted by atomic mass is 9.76. The van der Waals surface area contributed by atoms with E-state index in [9.17, 15) is 9.59 Å². The molecule has 1 amide bonds. The third-order valence-corrected chi connectivity index (χ3v) is 5.76. The summed E-state index contributed by atoms with van der Waals surface area (Å²) in [6.45, 7) is 3.51. The number of piperidine rings is 1. The van der Waals surface area contributed by atoms with Crippen molar-refractivity contribution in [3.05, 3.63) is 42.2 Å². The minimum Gasteiger partial charge on any atom is -0.494 e. The molecule has 2 fully saturated rings. The summed E-state index contributed by atoms with van der Waals surface area (Å²) in [5.41, 5.74) is 0.789. The van der Waals surface area contributed by atoms with Crippen LogP contribution in [-0.2, 0) is 16.1 Å². The van der Waals surface area contributed by atoms with E-state index in [1.807, 2.05) is 17.7 Å². The molecule has 0 saturated carbocycles. The number of nitrogens with zero attached hydrogens (tertiary/aromatic N) is 4. The standard InChI is InChI=1S/C20H24N4O4/c1-14-9-16(17(27-2)11-22-14)18(25)24-6-3-20(4-7-24)10-15(28-19(20)26)12-23-8-5-21-13-23/h5,8-9,11,13,15H,3-4,6-7,10,12H2,1-2H3. The molecule has 0 aromatic carbocycles. The lowest BCUT2D eigenvalue weighted by Gasteiger charge is -2.36. The number of imidazole rings is 1. The third-order valence-electron chi connectivity index (χ3n) is 5.76. The van der Waals surface area contributed by atoms with Crippen LogP contribution in [0.25, 0.3) is 0 Å². The fourth-order valence-corrected chi connectivity index (χ4v) is 4.16. The smallest absolute Gasteiger partial charge is 0.312 e. The first-order valence-electron chi connectivity index (χ1n) is 9.47. The molecule has 0 aliphatic carbocycles. The fourth-order valence-electron chi connectivity index (χ4n) is 4.16. The monoisotopic (exact) mass is 384 g/mol. The van der Waals surface area contributed by atoms with Crippen LogP contribution >= 0.6 is 0 Å². The zero-order chi connectivity index (χ0) is 19.7. The lowest BCUT2D eigenvalue weighted by Crippen LogP contribution is -2.45. The average molecular weight is 384 g/mol. The Morgan fingerprint density at radius 2 is 2.18 bits per heavy atom. The number of hydrogen-bond donors (Lipinski definition) is 0. The SMILES string of the molecule is COc1cnc(C)cc1C(=O)N1CCC2(CC1)CC(Cn1ccnc1)OC2=O. The van der Waals surface area contributed by atoms with E-state index >= 15 is 0 Å². The van der Waals surface area contributed by atoms with Gasteiger partial charge in [0.2, 0.25) is 0 Å². The number of aromatic nitrogens is 3. The molecule has 2 aromatic rings. The Bertz CT molecular complexity index is 872. The third kappa shape index (κ3) is 3.34. The number of aryl methyl sites for hydroxylation is 1. The Morgan fingerprint density at radius 3 is 2.86 bits per heavy atom. The topological polar surface area (TPSA) is 86.6 Å². The quantitative estimate of drug-likeness (QED) is 0.748. The van der Waals surface area contributed by atoms with Crippen LogP contribution < -0.4 is 4.74 Å². The molecular formula is C20H24N4O4. The number of hydrogen-bond acceptors (Lipinski definition) is 6. The first-order valence-corrected chi connectivity index (χ1v) is 9.47. The largest absolute Gasteiger partial charge is 0.494 e. The first kappa shape index (κ1) is 18.5. The maximum Gasteiger partial charge on any atom is 0.312 e. The molecular weight excluding hydrogens is 360 g/mol. The number of cyclic esters (lactones) is 1. The zero-order valence-corrected chi connectivity index (χ0v) is 16.1. The van der Waals surface area contributed by atoms with Crippen LogP contribution in [0.15, 0.2) is 31.0 Å². The van der Waals surface area contributed by atoms with E-state index in [2.05, 4.69) is 9.97 Å². The van der Waals surface area contributed by atoms with Gasteiger partial charge >= 0.3 is 5.97 Å². The van der Waals surface area contributed by atoms with Crippen molar-refractivity contribution in [2.45, 2.75) is 38.8 Å². The molecule has 0 bridgehead atoms. The highest BCUT2D eigenvalue weighted by Gasteiger charge is 2.50. The van der Waals surface area contributed by atoms with Gasteiger partial charge in [-0.25, -0.2) is 4.98 Å². The second-order valence-corrected chi connectivity index (χ2v) is 7.59. The Hall–Kier alpha value is -2.90. The molecule has 1 unspecified atom stereocenters. The maximum absolute atomic E-state index is 13.0. The van der Waals surface area contributed by atoms with Crippen molar-refractivity contribution in [3.63, 3.8) is 0 Å². The lowest BCUT2D eigenvalue weighted by molar-refractivity contribution is -0.150. The fraction of sp³-hybridized carbons (Fsp3) is 0.500.